The first-order valence-electron chi connectivity index (χ1n) is 8.62. The normalized spacial score (nSPS) is 16.4. The second-order valence-corrected chi connectivity index (χ2v) is 7.27. The number of halogens is 2. The van der Waals surface area contributed by atoms with Gasteiger partial charge in [0.15, 0.2) is 11.6 Å². The Hall–Kier alpha value is -2.28. The molecular weight excluding hydrogens is 372 g/mol. The number of carbonyl (C=O) groups excluding carboxylic acids is 1. The van der Waals surface area contributed by atoms with Crippen LogP contribution < -0.4 is 9.47 Å². The van der Waals surface area contributed by atoms with Gasteiger partial charge in [0.1, 0.15) is 11.5 Å². The van der Waals surface area contributed by atoms with Crippen molar-refractivity contribution in [2.75, 3.05) is 26.5 Å². The van der Waals surface area contributed by atoms with Crippen LogP contribution in [0.4, 0.5) is 8.78 Å². The predicted molar refractivity (Wildman–Crippen MR) is 100 cm³/mol. The van der Waals surface area contributed by atoms with Crippen molar-refractivity contribution in [1.82, 2.24) is 4.90 Å². The number of nitrogens with zero attached hydrogens (tertiary/aromatic N) is 1. The molecule has 0 saturated carbocycles. The van der Waals surface area contributed by atoms with Crippen molar-refractivity contribution >= 4 is 17.7 Å². The van der Waals surface area contributed by atoms with Gasteiger partial charge in [0, 0.05) is 17.0 Å². The molecule has 1 aliphatic heterocycles. The van der Waals surface area contributed by atoms with Crippen molar-refractivity contribution in [3.8, 4) is 11.5 Å². The summed E-state index contributed by atoms with van der Waals surface area (Å²) in [7, 11) is 3.20. The molecule has 1 saturated heterocycles. The molecule has 1 atom stereocenters. The lowest BCUT2D eigenvalue weighted by molar-refractivity contribution is -0.129. The lowest BCUT2D eigenvalue weighted by atomic mass is 10.0. The van der Waals surface area contributed by atoms with Gasteiger partial charge in [-0.2, -0.15) is 0 Å². The average Bonchev–Trinajstić information content (AvgIpc) is 3.17. The van der Waals surface area contributed by atoms with E-state index >= 15 is 0 Å². The summed E-state index contributed by atoms with van der Waals surface area (Å²) in [6.07, 6.45) is 1.73. The third kappa shape index (κ3) is 4.35. The molecule has 0 bridgehead atoms. The summed E-state index contributed by atoms with van der Waals surface area (Å²) in [6.45, 7) is 0.655. The number of hydrogen-bond acceptors (Lipinski definition) is 4. The van der Waals surface area contributed by atoms with E-state index in [-0.39, 0.29) is 17.7 Å². The van der Waals surface area contributed by atoms with Crippen LogP contribution in [0.3, 0.4) is 0 Å². The number of methoxy groups -OCH3 is 2. The molecule has 27 heavy (non-hydrogen) atoms. The second-order valence-electron chi connectivity index (χ2n) is 6.22. The van der Waals surface area contributed by atoms with E-state index in [4.69, 9.17) is 9.47 Å². The Morgan fingerprint density at radius 2 is 1.96 bits per heavy atom. The van der Waals surface area contributed by atoms with Crippen LogP contribution in [-0.4, -0.2) is 37.3 Å². The van der Waals surface area contributed by atoms with E-state index < -0.39 is 11.6 Å². The molecule has 144 valence electrons. The highest BCUT2D eigenvalue weighted by molar-refractivity contribution is 8.00. The van der Waals surface area contributed by atoms with Crippen LogP contribution in [-0.2, 0) is 4.79 Å². The zero-order chi connectivity index (χ0) is 19.4. The summed E-state index contributed by atoms with van der Waals surface area (Å²) in [6, 6.07) is 9.13. The van der Waals surface area contributed by atoms with E-state index in [1.807, 2.05) is 23.1 Å². The minimum absolute atomic E-state index is 0.0443. The van der Waals surface area contributed by atoms with Gasteiger partial charge >= 0.3 is 0 Å². The molecular formula is C20H21F2NO3S. The van der Waals surface area contributed by atoms with Gasteiger partial charge in [-0.1, -0.05) is 0 Å². The van der Waals surface area contributed by atoms with Crippen LogP contribution in [0.1, 0.15) is 24.4 Å². The fourth-order valence-electron chi connectivity index (χ4n) is 3.28. The summed E-state index contributed by atoms with van der Waals surface area (Å²) in [5.74, 6) is -0.261. The predicted octanol–water partition coefficient (Wildman–Crippen LogP) is 4.44. The molecule has 0 spiro atoms. The molecule has 0 radical (unpaired) electrons. The van der Waals surface area contributed by atoms with E-state index in [0.717, 1.165) is 30.5 Å². The lowest BCUT2D eigenvalue weighted by Gasteiger charge is -2.26. The number of amides is 1. The van der Waals surface area contributed by atoms with Crippen LogP contribution in [0.2, 0.25) is 0 Å². The number of benzene rings is 2. The fraction of sp³-hybridized carbons (Fsp3) is 0.350. The Morgan fingerprint density at radius 1 is 1.15 bits per heavy atom. The molecule has 1 aliphatic rings. The SMILES string of the molecule is COc1ccc(OC)c([C@H]2CCCN2C(=O)CSc2ccc(F)c(F)c2)c1. The van der Waals surface area contributed by atoms with E-state index in [2.05, 4.69) is 0 Å². The minimum Gasteiger partial charge on any atom is -0.497 e. The third-order valence-corrected chi connectivity index (χ3v) is 5.60. The third-order valence-electron chi connectivity index (χ3n) is 4.62. The van der Waals surface area contributed by atoms with Gasteiger partial charge in [0.25, 0.3) is 0 Å². The number of carbonyl (C=O) groups is 1. The van der Waals surface area contributed by atoms with Gasteiger partial charge in [-0.3, -0.25) is 4.79 Å². The Labute approximate surface area is 161 Å². The fourth-order valence-corrected chi connectivity index (χ4v) is 4.09. The number of rotatable bonds is 6. The lowest BCUT2D eigenvalue weighted by Crippen LogP contribution is -2.32. The van der Waals surface area contributed by atoms with E-state index in [1.54, 1.807) is 14.2 Å². The Morgan fingerprint density at radius 3 is 2.67 bits per heavy atom. The molecule has 0 N–H and O–H groups in total. The van der Waals surface area contributed by atoms with Crippen molar-refractivity contribution < 1.29 is 23.0 Å². The van der Waals surface area contributed by atoms with Crippen molar-refractivity contribution in [3.63, 3.8) is 0 Å². The summed E-state index contributed by atoms with van der Waals surface area (Å²) >= 11 is 1.20. The molecule has 0 unspecified atom stereocenters. The maximum absolute atomic E-state index is 13.3. The number of hydrogen-bond donors (Lipinski definition) is 0. The van der Waals surface area contributed by atoms with Gasteiger partial charge in [0.2, 0.25) is 5.91 Å². The first-order valence-corrected chi connectivity index (χ1v) is 9.61. The molecule has 2 aromatic carbocycles. The molecule has 0 aromatic heterocycles. The van der Waals surface area contributed by atoms with Gasteiger partial charge < -0.3 is 14.4 Å². The maximum atomic E-state index is 13.3. The highest BCUT2D eigenvalue weighted by Crippen LogP contribution is 2.39. The Bertz CT molecular complexity index is 831. The summed E-state index contributed by atoms with van der Waals surface area (Å²) in [4.78, 5) is 15.1. The maximum Gasteiger partial charge on any atom is 0.233 e. The smallest absolute Gasteiger partial charge is 0.233 e. The molecule has 1 fully saturated rings. The first kappa shape index (κ1) is 19.5. The summed E-state index contributed by atoms with van der Waals surface area (Å²) in [5, 5.41) is 0. The molecule has 1 amide bonds. The molecule has 2 aromatic rings. The summed E-state index contributed by atoms with van der Waals surface area (Å²) in [5.41, 5.74) is 0.917. The number of likely N-dealkylation sites (tertiary alicyclic amines) is 1. The van der Waals surface area contributed by atoms with Gasteiger partial charge in [-0.25, -0.2) is 8.78 Å². The van der Waals surface area contributed by atoms with Crippen LogP contribution in [0.25, 0.3) is 0 Å². The van der Waals surface area contributed by atoms with Crippen LogP contribution >= 0.6 is 11.8 Å². The minimum atomic E-state index is -0.910. The van der Waals surface area contributed by atoms with E-state index in [0.29, 0.717) is 22.9 Å². The molecule has 7 heteroatoms. The number of ether oxygens (including phenoxy) is 2. The zero-order valence-electron chi connectivity index (χ0n) is 15.2. The van der Waals surface area contributed by atoms with Gasteiger partial charge in [-0.05, 0) is 49.2 Å². The molecule has 0 aliphatic carbocycles. The Balaban J connectivity index is 1.74. The molecule has 1 heterocycles. The summed E-state index contributed by atoms with van der Waals surface area (Å²) < 4.78 is 37.1. The largest absolute Gasteiger partial charge is 0.497 e. The van der Waals surface area contributed by atoms with Gasteiger partial charge in [-0.15, -0.1) is 11.8 Å². The highest BCUT2D eigenvalue weighted by Gasteiger charge is 2.32. The van der Waals surface area contributed by atoms with E-state index in [1.165, 1.54) is 17.8 Å². The standard InChI is InChI=1S/C20H21F2NO3S/c1-25-13-5-8-19(26-2)15(10-13)18-4-3-9-23(18)20(24)12-27-14-6-7-16(21)17(22)11-14/h5-8,10-11,18H,3-4,9,12H2,1-2H3/t18-/m1/s1. The average molecular weight is 393 g/mol. The molecule has 3 rings (SSSR count). The van der Waals surface area contributed by atoms with Crippen LogP contribution in [0.5, 0.6) is 11.5 Å². The van der Waals surface area contributed by atoms with Gasteiger partial charge in [0.05, 0.1) is 26.0 Å². The highest BCUT2D eigenvalue weighted by atomic mass is 32.2. The van der Waals surface area contributed by atoms with Crippen molar-refractivity contribution in [1.29, 1.82) is 0 Å². The Kier molecular flexibility index (Phi) is 6.21. The van der Waals surface area contributed by atoms with Crippen LogP contribution in [0, 0.1) is 11.6 Å². The topological polar surface area (TPSA) is 38.8 Å². The van der Waals surface area contributed by atoms with Crippen molar-refractivity contribution in [3.05, 3.63) is 53.6 Å². The first-order chi connectivity index (χ1) is 13.0. The van der Waals surface area contributed by atoms with E-state index in [9.17, 15) is 13.6 Å². The zero-order valence-corrected chi connectivity index (χ0v) is 16.0. The van der Waals surface area contributed by atoms with Crippen LogP contribution in [0.15, 0.2) is 41.3 Å². The second kappa shape index (κ2) is 8.61. The van der Waals surface area contributed by atoms with Crippen molar-refractivity contribution in [2.24, 2.45) is 0 Å². The molecule has 4 nitrogen and oxygen atoms in total. The quantitative estimate of drug-likeness (QED) is 0.681. The number of thioether (sulfide) groups is 1. The van der Waals surface area contributed by atoms with Crippen molar-refractivity contribution in [2.45, 2.75) is 23.8 Å². The monoisotopic (exact) mass is 393 g/mol.